The molecule has 1 aromatic carbocycles. The lowest BCUT2D eigenvalue weighted by Crippen LogP contribution is -2.37. The van der Waals surface area contributed by atoms with Gasteiger partial charge in [-0.15, -0.1) is 0 Å². The molecule has 0 aliphatic rings. The number of amides is 1. The van der Waals surface area contributed by atoms with Gasteiger partial charge in [-0.05, 0) is 32.8 Å². The second kappa shape index (κ2) is 9.26. The molecule has 0 spiro atoms. The van der Waals surface area contributed by atoms with Gasteiger partial charge in [0.2, 0.25) is 0 Å². The first kappa shape index (κ1) is 19.9. The number of ketones is 1. The standard InChI is InChI=1S/C20H29NO3/c1-6-16(2)14-18(22)12-13-21(19(23)24-20(3,4)5)15-17-10-8-7-9-11-17/h7-11H,2,6,12-15H2,1,3-5H3. The smallest absolute Gasteiger partial charge is 0.410 e. The van der Waals surface area contributed by atoms with E-state index in [0.717, 1.165) is 17.6 Å². The fourth-order valence-corrected chi connectivity index (χ4v) is 2.12. The van der Waals surface area contributed by atoms with Gasteiger partial charge in [0.05, 0.1) is 0 Å². The van der Waals surface area contributed by atoms with Crippen LogP contribution in [0, 0.1) is 0 Å². The van der Waals surface area contributed by atoms with Crippen molar-refractivity contribution in [1.82, 2.24) is 4.90 Å². The maximum Gasteiger partial charge on any atom is 0.410 e. The summed E-state index contributed by atoms with van der Waals surface area (Å²) in [5, 5.41) is 0. The van der Waals surface area contributed by atoms with Crippen molar-refractivity contribution in [3.63, 3.8) is 0 Å². The van der Waals surface area contributed by atoms with Crippen molar-refractivity contribution in [3.05, 3.63) is 48.0 Å². The van der Waals surface area contributed by atoms with E-state index in [1.54, 1.807) is 4.90 Å². The summed E-state index contributed by atoms with van der Waals surface area (Å²) in [6.45, 7) is 12.1. The molecule has 0 saturated carbocycles. The van der Waals surface area contributed by atoms with Crippen molar-refractivity contribution in [2.24, 2.45) is 0 Å². The zero-order valence-corrected chi connectivity index (χ0v) is 15.3. The highest BCUT2D eigenvalue weighted by Gasteiger charge is 2.22. The van der Waals surface area contributed by atoms with Crippen LogP contribution in [0.3, 0.4) is 0 Å². The van der Waals surface area contributed by atoms with Crippen LogP contribution in [-0.2, 0) is 16.1 Å². The number of nitrogens with zero attached hydrogens (tertiary/aromatic N) is 1. The Kier molecular flexibility index (Phi) is 7.69. The van der Waals surface area contributed by atoms with Crippen molar-refractivity contribution in [2.75, 3.05) is 6.54 Å². The number of carbonyl (C=O) groups excluding carboxylic acids is 2. The summed E-state index contributed by atoms with van der Waals surface area (Å²) in [6, 6.07) is 9.70. The molecule has 0 N–H and O–H groups in total. The first-order chi connectivity index (χ1) is 11.2. The van der Waals surface area contributed by atoms with Gasteiger partial charge in [0.15, 0.2) is 0 Å². The lowest BCUT2D eigenvalue weighted by molar-refractivity contribution is -0.118. The molecule has 4 nitrogen and oxygen atoms in total. The molecule has 0 radical (unpaired) electrons. The fourth-order valence-electron chi connectivity index (χ4n) is 2.12. The average Bonchev–Trinajstić information content (AvgIpc) is 2.50. The largest absolute Gasteiger partial charge is 0.444 e. The molecule has 0 saturated heterocycles. The molecule has 24 heavy (non-hydrogen) atoms. The second-order valence-electron chi connectivity index (χ2n) is 6.96. The van der Waals surface area contributed by atoms with Gasteiger partial charge >= 0.3 is 6.09 Å². The molecule has 0 bridgehead atoms. The molecule has 132 valence electrons. The minimum atomic E-state index is -0.563. The highest BCUT2D eigenvalue weighted by atomic mass is 16.6. The van der Waals surface area contributed by atoms with Crippen LogP contribution >= 0.6 is 0 Å². The molecule has 0 aliphatic heterocycles. The zero-order valence-electron chi connectivity index (χ0n) is 15.3. The van der Waals surface area contributed by atoms with Crippen LogP contribution in [0.1, 0.15) is 52.5 Å². The fraction of sp³-hybridized carbons (Fsp3) is 0.500. The van der Waals surface area contributed by atoms with Crippen LogP contribution in [0.15, 0.2) is 42.5 Å². The first-order valence-corrected chi connectivity index (χ1v) is 8.41. The van der Waals surface area contributed by atoms with Crippen molar-refractivity contribution in [1.29, 1.82) is 0 Å². The third-order valence-corrected chi connectivity index (χ3v) is 3.48. The molecule has 0 aliphatic carbocycles. The van der Waals surface area contributed by atoms with E-state index in [1.165, 1.54) is 0 Å². The number of carbonyl (C=O) groups is 2. The van der Waals surface area contributed by atoms with Crippen LogP contribution in [0.4, 0.5) is 4.79 Å². The molecule has 1 aromatic rings. The normalized spacial score (nSPS) is 11.0. The number of rotatable bonds is 8. The average molecular weight is 331 g/mol. The van der Waals surface area contributed by atoms with E-state index in [-0.39, 0.29) is 5.78 Å². The molecular formula is C20H29NO3. The number of Topliss-reactive ketones (excluding diaryl/α,β-unsaturated/α-hetero) is 1. The zero-order chi connectivity index (χ0) is 18.2. The Bertz CT molecular complexity index is 558. The maximum absolute atomic E-state index is 12.4. The highest BCUT2D eigenvalue weighted by Crippen LogP contribution is 2.14. The summed E-state index contributed by atoms with van der Waals surface area (Å²) in [5.74, 6) is 0.100. The maximum atomic E-state index is 12.4. The molecule has 0 fully saturated rings. The van der Waals surface area contributed by atoms with E-state index in [1.807, 2.05) is 58.0 Å². The number of benzene rings is 1. The summed E-state index contributed by atoms with van der Waals surface area (Å²) in [5.41, 5.74) is 1.37. The van der Waals surface area contributed by atoms with E-state index in [2.05, 4.69) is 6.58 Å². The van der Waals surface area contributed by atoms with Crippen LogP contribution in [-0.4, -0.2) is 28.9 Å². The molecule has 1 rings (SSSR count). The summed E-state index contributed by atoms with van der Waals surface area (Å²) in [6.07, 6.45) is 1.09. The van der Waals surface area contributed by atoms with E-state index >= 15 is 0 Å². The summed E-state index contributed by atoms with van der Waals surface area (Å²) in [7, 11) is 0. The Balaban J connectivity index is 2.72. The van der Waals surface area contributed by atoms with Gasteiger partial charge in [-0.3, -0.25) is 4.79 Å². The third kappa shape index (κ3) is 7.95. The second-order valence-corrected chi connectivity index (χ2v) is 6.96. The highest BCUT2D eigenvalue weighted by molar-refractivity contribution is 5.81. The quantitative estimate of drug-likeness (QED) is 0.646. The summed E-state index contributed by atoms with van der Waals surface area (Å²) < 4.78 is 5.46. The molecule has 4 heteroatoms. The molecule has 0 unspecified atom stereocenters. The molecule has 0 aromatic heterocycles. The molecule has 1 amide bonds. The van der Waals surface area contributed by atoms with Gasteiger partial charge < -0.3 is 9.64 Å². The number of hydrogen-bond donors (Lipinski definition) is 0. The van der Waals surface area contributed by atoms with Gasteiger partial charge in [-0.25, -0.2) is 4.79 Å². The number of hydrogen-bond acceptors (Lipinski definition) is 3. The monoisotopic (exact) mass is 331 g/mol. The van der Waals surface area contributed by atoms with Gasteiger partial charge in [-0.1, -0.05) is 49.4 Å². The predicted molar refractivity (Wildman–Crippen MR) is 96.8 cm³/mol. The van der Waals surface area contributed by atoms with E-state index in [4.69, 9.17) is 4.74 Å². The Hall–Kier alpha value is -2.10. The van der Waals surface area contributed by atoms with Crippen LogP contribution < -0.4 is 0 Å². The SMILES string of the molecule is C=C(CC)CC(=O)CCN(Cc1ccccc1)C(=O)OC(C)(C)C. The van der Waals surface area contributed by atoms with Crippen molar-refractivity contribution in [3.8, 4) is 0 Å². The van der Waals surface area contributed by atoms with Gasteiger partial charge in [0.25, 0.3) is 0 Å². The van der Waals surface area contributed by atoms with E-state index in [0.29, 0.717) is 25.9 Å². The van der Waals surface area contributed by atoms with Crippen LogP contribution in [0.5, 0.6) is 0 Å². The van der Waals surface area contributed by atoms with Crippen molar-refractivity contribution in [2.45, 2.75) is 59.1 Å². The summed E-state index contributed by atoms with van der Waals surface area (Å²) in [4.78, 5) is 26.1. The minimum Gasteiger partial charge on any atom is -0.444 e. The topological polar surface area (TPSA) is 46.6 Å². The number of allylic oxidation sites excluding steroid dienone is 1. The van der Waals surface area contributed by atoms with Crippen LogP contribution in [0.2, 0.25) is 0 Å². The first-order valence-electron chi connectivity index (χ1n) is 8.41. The van der Waals surface area contributed by atoms with Gasteiger partial charge in [-0.2, -0.15) is 0 Å². The Morgan fingerprint density at radius 1 is 1.17 bits per heavy atom. The van der Waals surface area contributed by atoms with Gasteiger partial charge in [0.1, 0.15) is 11.4 Å². The molecule has 0 heterocycles. The number of ether oxygens (including phenoxy) is 1. The lowest BCUT2D eigenvalue weighted by atomic mass is 10.1. The van der Waals surface area contributed by atoms with E-state index in [9.17, 15) is 9.59 Å². The van der Waals surface area contributed by atoms with Crippen LogP contribution in [0.25, 0.3) is 0 Å². The predicted octanol–water partition coefficient (Wildman–Crippen LogP) is 4.74. The Labute approximate surface area is 145 Å². The van der Waals surface area contributed by atoms with Crippen molar-refractivity contribution < 1.29 is 14.3 Å². The van der Waals surface area contributed by atoms with E-state index < -0.39 is 11.7 Å². The minimum absolute atomic E-state index is 0.100. The molecular weight excluding hydrogens is 302 g/mol. The Morgan fingerprint density at radius 2 is 1.79 bits per heavy atom. The van der Waals surface area contributed by atoms with Crippen molar-refractivity contribution >= 4 is 11.9 Å². The lowest BCUT2D eigenvalue weighted by Gasteiger charge is -2.27. The third-order valence-electron chi connectivity index (χ3n) is 3.48. The Morgan fingerprint density at radius 3 is 2.33 bits per heavy atom. The molecule has 0 atom stereocenters. The van der Waals surface area contributed by atoms with Gasteiger partial charge in [0, 0.05) is 25.9 Å². The summed E-state index contributed by atoms with van der Waals surface area (Å²) >= 11 is 0.